The number of rotatable bonds is 5. The van der Waals surface area contributed by atoms with E-state index in [9.17, 15) is 18.0 Å². The summed E-state index contributed by atoms with van der Waals surface area (Å²) in [5.41, 5.74) is 2.22. The third kappa shape index (κ3) is 5.50. The van der Waals surface area contributed by atoms with Crippen molar-refractivity contribution in [3.8, 4) is 0 Å². The molecule has 29 heavy (non-hydrogen) atoms. The highest BCUT2D eigenvalue weighted by molar-refractivity contribution is 5.78. The predicted octanol–water partition coefficient (Wildman–Crippen LogP) is 3.79. The Kier molecular flexibility index (Phi) is 6.47. The van der Waals surface area contributed by atoms with Crippen molar-refractivity contribution in [1.82, 2.24) is 9.80 Å². The van der Waals surface area contributed by atoms with Crippen LogP contribution in [0.25, 0.3) is 0 Å². The first-order valence-corrected chi connectivity index (χ1v) is 9.67. The highest BCUT2D eigenvalue weighted by Gasteiger charge is 2.31. The van der Waals surface area contributed by atoms with E-state index in [0.29, 0.717) is 45.0 Å². The van der Waals surface area contributed by atoms with Crippen molar-refractivity contribution in [1.29, 1.82) is 0 Å². The molecule has 0 saturated carbocycles. The lowest BCUT2D eigenvalue weighted by Crippen LogP contribution is -2.49. The van der Waals surface area contributed by atoms with E-state index >= 15 is 0 Å². The Bertz CT molecular complexity index is 845. The summed E-state index contributed by atoms with van der Waals surface area (Å²) < 4.78 is 38.8. The number of halogens is 3. The summed E-state index contributed by atoms with van der Waals surface area (Å²) in [6.07, 6.45) is -4.34. The Hall–Kier alpha value is -2.54. The summed E-state index contributed by atoms with van der Waals surface area (Å²) in [6.45, 7) is 5.38. The lowest BCUT2D eigenvalue weighted by molar-refractivity contribution is -0.137. The second kappa shape index (κ2) is 8.86. The number of nitrogens with zero attached hydrogens (tertiary/aromatic N) is 3. The second-order valence-electron chi connectivity index (χ2n) is 7.49. The van der Waals surface area contributed by atoms with Crippen LogP contribution >= 0.6 is 0 Å². The fourth-order valence-corrected chi connectivity index (χ4v) is 3.49. The van der Waals surface area contributed by atoms with E-state index in [4.69, 9.17) is 0 Å². The van der Waals surface area contributed by atoms with Gasteiger partial charge in [-0.2, -0.15) is 13.2 Å². The average molecular weight is 405 g/mol. The summed E-state index contributed by atoms with van der Waals surface area (Å²) in [4.78, 5) is 18.3. The minimum absolute atomic E-state index is 0.0424. The van der Waals surface area contributed by atoms with Crippen molar-refractivity contribution in [2.45, 2.75) is 19.6 Å². The van der Waals surface area contributed by atoms with Crippen LogP contribution in [0.1, 0.15) is 16.7 Å². The van der Waals surface area contributed by atoms with Gasteiger partial charge in [-0.15, -0.1) is 0 Å². The third-order valence-electron chi connectivity index (χ3n) is 5.36. The fourth-order valence-electron chi connectivity index (χ4n) is 3.49. The molecule has 0 N–H and O–H groups in total. The first-order chi connectivity index (χ1) is 13.7. The molecule has 0 unspecified atom stereocenters. The largest absolute Gasteiger partial charge is 0.416 e. The zero-order valence-corrected chi connectivity index (χ0v) is 16.7. The smallest absolute Gasteiger partial charge is 0.369 e. The minimum atomic E-state index is -4.34. The number of hydrogen-bond acceptors (Lipinski definition) is 3. The maximum atomic E-state index is 12.9. The average Bonchev–Trinajstić information content (AvgIpc) is 2.69. The van der Waals surface area contributed by atoms with E-state index in [1.54, 1.807) is 18.0 Å². The lowest BCUT2D eigenvalue weighted by Gasteiger charge is -2.36. The van der Waals surface area contributed by atoms with Gasteiger partial charge in [0, 0.05) is 45.5 Å². The number of aryl methyl sites for hydroxylation is 1. The van der Waals surface area contributed by atoms with Crippen molar-refractivity contribution in [2.75, 3.05) is 44.7 Å². The number of piperazine rings is 1. The van der Waals surface area contributed by atoms with Gasteiger partial charge in [0.15, 0.2) is 0 Å². The molecule has 1 aliphatic heterocycles. The molecule has 3 rings (SSSR count). The molecule has 0 aliphatic carbocycles. The first kappa shape index (κ1) is 21.2. The van der Waals surface area contributed by atoms with Crippen LogP contribution < -0.4 is 4.90 Å². The molecule has 0 radical (unpaired) electrons. The summed E-state index contributed by atoms with van der Waals surface area (Å²) in [5.74, 6) is 0.0424. The lowest BCUT2D eigenvalue weighted by atomic mass is 10.1. The molecule has 0 aromatic heterocycles. The van der Waals surface area contributed by atoms with Gasteiger partial charge in [-0.1, -0.05) is 30.3 Å². The Morgan fingerprint density at radius 3 is 2.38 bits per heavy atom. The van der Waals surface area contributed by atoms with Gasteiger partial charge in [-0.05, 0) is 36.2 Å². The monoisotopic (exact) mass is 405 g/mol. The zero-order valence-electron chi connectivity index (χ0n) is 16.7. The van der Waals surface area contributed by atoms with E-state index < -0.39 is 11.7 Å². The normalized spacial score (nSPS) is 15.4. The number of likely N-dealkylation sites (N-methyl/N-ethyl adjacent to an activating group) is 1. The fraction of sp³-hybridized carbons (Fsp3) is 0.409. The van der Waals surface area contributed by atoms with Crippen LogP contribution in [0.4, 0.5) is 18.9 Å². The van der Waals surface area contributed by atoms with Crippen LogP contribution in [0.5, 0.6) is 0 Å². The molecule has 1 fully saturated rings. The highest BCUT2D eigenvalue weighted by atomic mass is 19.4. The van der Waals surface area contributed by atoms with Crippen LogP contribution in [-0.4, -0.2) is 55.5 Å². The van der Waals surface area contributed by atoms with Crippen LogP contribution in [0.3, 0.4) is 0 Å². The van der Waals surface area contributed by atoms with E-state index in [-0.39, 0.29) is 5.91 Å². The number of hydrogen-bond donors (Lipinski definition) is 0. The van der Waals surface area contributed by atoms with Crippen LogP contribution in [-0.2, 0) is 17.5 Å². The third-order valence-corrected chi connectivity index (χ3v) is 5.36. The summed E-state index contributed by atoms with van der Waals surface area (Å²) in [6, 6.07) is 13.4. The molecule has 1 amide bonds. The molecule has 7 heteroatoms. The van der Waals surface area contributed by atoms with Gasteiger partial charge in [0.05, 0.1) is 12.1 Å². The molecule has 0 spiro atoms. The SMILES string of the molecule is Cc1ccccc1CN(C)C(=O)CN1CCN(c2cccc(C(F)(F)F)c2)CC1. The van der Waals surface area contributed by atoms with Gasteiger partial charge in [-0.3, -0.25) is 9.69 Å². The standard InChI is InChI=1S/C22H26F3N3O/c1-17-6-3-4-7-18(17)15-26(2)21(29)16-27-10-12-28(13-11-27)20-9-5-8-19(14-20)22(23,24)25/h3-9,14H,10-13,15-16H2,1-2H3. The minimum Gasteiger partial charge on any atom is -0.369 e. The van der Waals surface area contributed by atoms with E-state index in [0.717, 1.165) is 17.2 Å². The van der Waals surface area contributed by atoms with Crippen molar-refractivity contribution in [3.05, 3.63) is 65.2 Å². The molecule has 1 aliphatic rings. The maximum absolute atomic E-state index is 12.9. The molecular formula is C22H26F3N3O. The van der Waals surface area contributed by atoms with Crippen LogP contribution in [0.15, 0.2) is 48.5 Å². The van der Waals surface area contributed by atoms with Crippen LogP contribution in [0.2, 0.25) is 0 Å². The number of alkyl halides is 3. The Labute approximate surface area is 169 Å². The van der Waals surface area contributed by atoms with Crippen molar-refractivity contribution in [2.24, 2.45) is 0 Å². The van der Waals surface area contributed by atoms with Crippen molar-refractivity contribution < 1.29 is 18.0 Å². The summed E-state index contributed by atoms with van der Waals surface area (Å²) in [5, 5.41) is 0. The van der Waals surface area contributed by atoms with E-state index in [2.05, 4.69) is 4.90 Å². The molecule has 4 nitrogen and oxygen atoms in total. The molecule has 1 saturated heterocycles. The van der Waals surface area contributed by atoms with Gasteiger partial charge in [0.25, 0.3) is 0 Å². The van der Waals surface area contributed by atoms with Crippen LogP contribution in [0, 0.1) is 6.92 Å². The molecule has 0 atom stereocenters. The molecule has 1 heterocycles. The molecular weight excluding hydrogens is 379 g/mol. The number of benzene rings is 2. The van der Waals surface area contributed by atoms with Crippen molar-refractivity contribution in [3.63, 3.8) is 0 Å². The Morgan fingerprint density at radius 2 is 1.72 bits per heavy atom. The number of carbonyl (C=O) groups is 1. The molecule has 2 aromatic rings. The van der Waals surface area contributed by atoms with Crippen molar-refractivity contribution >= 4 is 11.6 Å². The summed E-state index contributed by atoms with van der Waals surface area (Å²) in [7, 11) is 1.80. The van der Waals surface area contributed by atoms with E-state index in [1.165, 1.54) is 12.1 Å². The zero-order chi connectivity index (χ0) is 21.0. The van der Waals surface area contributed by atoms with E-state index in [1.807, 2.05) is 36.1 Å². The molecule has 2 aromatic carbocycles. The van der Waals surface area contributed by atoms with Gasteiger partial charge < -0.3 is 9.80 Å². The molecule has 0 bridgehead atoms. The number of amides is 1. The van der Waals surface area contributed by atoms with Gasteiger partial charge >= 0.3 is 6.18 Å². The Morgan fingerprint density at radius 1 is 1.03 bits per heavy atom. The Balaban J connectivity index is 1.52. The van der Waals surface area contributed by atoms with Gasteiger partial charge in [0.2, 0.25) is 5.91 Å². The topological polar surface area (TPSA) is 26.8 Å². The van der Waals surface area contributed by atoms with Gasteiger partial charge in [0.1, 0.15) is 0 Å². The first-order valence-electron chi connectivity index (χ1n) is 9.67. The number of anilines is 1. The maximum Gasteiger partial charge on any atom is 0.416 e. The highest BCUT2D eigenvalue weighted by Crippen LogP contribution is 2.31. The second-order valence-corrected chi connectivity index (χ2v) is 7.49. The quantitative estimate of drug-likeness (QED) is 0.757. The number of carbonyl (C=O) groups excluding carboxylic acids is 1. The predicted molar refractivity (Wildman–Crippen MR) is 108 cm³/mol. The van der Waals surface area contributed by atoms with Gasteiger partial charge in [-0.25, -0.2) is 0 Å². The molecule has 156 valence electrons. The summed E-state index contributed by atoms with van der Waals surface area (Å²) >= 11 is 0.